The zero-order chi connectivity index (χ0) is 20.9. The van der Waals surface area contributed by atoms with Crippen LogP contribution >= 0.6 is 11.6 Å². The third kappa shape index (κ3) is 2.66. The maximum atomic E-state index is 13.7. The molecule has 30 heavy (non-hydrogen) atoms. The molecular formula is C24H19ClN2O3. The number of rotatable bonds is 3. The van der Waals surface area contributed by atoms with Crippen molar-refractivity contribution in [2.24, 2.45) is 5.41 Å². The van der Waals surface area contributed by atoms with Crippen LogP contribution in [0.3, 0.4) is 0 Å². The van der Waals surface area contributed by atoms with E-state index in [-0.39, 0.29) is 11.8 Å². The van der Waals surface area contributed by atoms with Gasteiger partial charge in [-0.15, -0.1) is 0 Å². The van der Waals surface area contributed by atoms with Crippen LogP contribution in [0, 0.1) is 5.41 Å². The second kappa shape index (κ2) is 6.97. The number of hydrogen-bond donors (Lipinski definition) is 0. The minimum atomic E-state index is -1.09. The predicted octanol–water partition coefficient (Wildman–Crippen LogP) is 4.78. The summed E-state index contributed by atoms with van der Waals surface area (Å²) in [7, 11) is 0. The lowest BCUT2D eigenvalue weighted by atomic mass is 9.76. The van der Waals surface area contributed by atoms with E-state index in [0.717, 1.165) is 11.3 Å². The van der Waals surface area contributed by atoms with Gasteiger partial charge >= 0.3 is 0 Å². The van der Waals surface area contributed by atoms with Crippen molar-refractivity contribution in [3.05, 3.63) is 95.5 Å². The number of anilines is 2. The van der Waals surface area contributed by atoms with E-state index in [9.17, 15) is 9.59 Å². The monoisotopic (exact) mass is 418 g/mol. The Labute approximate surface area is 179 Å². The van der Waals surface area contributed by atoms with Crippen LogP contribution < -0.4 is 9.96 Å². The molecule has 2 amide bonds. The lowest BCUT2D eigenvalue weighted by molar-refractivity contribution is -0.128. The Balaban J connectivity index is 1.63. The van der Waals surface area contributed by atoms with Crippen LogP contribution in [0.4, 0.5) is 11.4 Å². The van der Waals surface area contributed by atoms with Crippen LogP contribution in [0.25, 0.3) is 0 Å². The zero-order valence-corrected chi connectivity index (χ0v) is 17.0. The highest BCUT2D eigenvalue weighted by Gasteiger charge is 2.68. The molecule has 0 aliphatic carbocycles. The van der Waals surface area contributed by atoms with Gasteiger partial charge in [0.15, 0.2) is 6.10 Å². The predicted molar refractivity (Wildman–Crippen MR) is 115 cm³/mol. The third-order valence-corrected chi connectivity index (χ3v) is 6.14. The zero-order valence-electron chi connectivity index (χ0n) is 16.2. The van der Waals surface area contributed by atoms with Gasteiger partial charge in [0.05, 0.1) is 17.4 Å². The summed E-state index contributed by atoms with van der Waals surface area (Å²) in [5, 5.41) is 2.24. The first-order chi connectivity index (χ1) is 14.5. The summed E-state index contributed by atoms with van der Waals surface area (Å²) in [6.07, 6.45) is -0.925. The molecule has 6 heteroatoms. The fourth-order valence-electron chi connectivity index (χ4n) is 4.40. The quantitative estimate of drug-likeness (QED) is 0.574. The van der Waals surface area contributed by atoms with E-state index < -0.39 is 17.6 Å². The van der Waals surface area contributed by atoms with E-state index in [1.807, 2.05) is 67.6 Å². The maximum Gasteiger partial charge on any atom is 0.266 e. The summed E-state index contributed by atoms with van der Waals surface area (Å²) in [6, 6.07) is 25.5. The average Bonchev–Trinajstić information content (AvgIpc) is 3.19. The number of nitrogens with zero attached hydrogens (tertiary/aromatic N) is 2. The van der Waals surface area contributed by atoms with Gasteiger partial charge in [0.25, 0.3) is 5.91 Å². The molecule has 0 N–H and O–H groups in total. The Morgan fingerprint density at radius 2 is 1.43 bits per heavy atom. The SMILES string of the molecule is C[C@]12C(=O)N(c3ccc(Cl)cc3)C(=O)[C@@H]1ON(c1ccccc1)[C@H]2c1ccccc1. The van der Waals surface area contributed by atoms with Gasteiger partial charge in [0.2, 0.25) is 5.91 Å². The molecule has 2 saturated heterocycles. The third-order valence-electron chi connectivity index (χ3n) is 5.89. The first-order valence-corrected chi connectivity index (χ1v) is 10.1. The molecule has 0 saturated carbocycles. The molecule has 2 aliphatic rings. The number of imide groups is 1. The lowest BCUT2D eigenvalue weighted by Crippen LogP contribution is -2.41. The number of benzene rings is 3. The highest BCUT2D eigenvalue weighted by Crippen LogP contribution is 2.55. The fourth-order valence-corrected chi connectivity index (χ4v) is 4.52. The summed E-state index contributed by atoms with van der Waals surface area (Å²) in [4.78, 5) is 34.5. The van der Waals surface area contributed by atoms with Crippen molar-refractivity contribution >= 4 is 34.8 Å². The molecular weight excluding hydrogens is 400 g/mol. The number of carbonyl (C=O) groups is 2. The molecule has 0 aromatic heterocycles. The minimum absolute atomic E-state index is 0.285. The van der Waals surface area contributed by atoms with Gasteiger partial charge in [-0.3, -0.25) is 14.4 Å². The summed E-state index contributed by atoms with van der Waals surface area (Å²) in [5.74, 6) is -0.656. The molecule has 2 aliphatic heterocycles. The Kier molecular flexibility index (Phi) is 4.38. The van der Waals surface area contributed by atoms with Crippen molar-refractivity contribution in [1.82, 2.24) is 0 Å². The minimum Gasteiger partial charge on any atom is -0.273 e. The van der Waals surface area contributed by atoms with Crippen LogP contribution in [0.2, 0.25) is 5.02 Å². The van der Waals surface area contributed by atoms with E-state index in [2.05, 4.69) is 0 Å². The number of hydroxylamine groups is 1. The molecule has 0 unspecified atom stereocenters. The number of carbonyl (C=O) groups excluding carboxylic acids is 2. The summed E-state index contributed by atoms with van der Waals surface area (Å²) in [6.45, 7) is 1.81. The summed E-state index contributed by atoms with van der Waals surface area (Å²) < 4.78 is 0. The van der Waals surface area contributed by atoms with Crippen molar-refractivity contribution in [1.29, 1.82) is 0 Å². The Hall–Kier alpha value is -3.15. The van der Waals surface area contributed by atoms with Gasteiger partial charge in [0, 0.05) is 5.02 Å². The van der Waals surface area contributed by atoms with Crippen molar-refractivity contribution in [2.45, 2.75) is 19.1 Å². The second-order valence-electron chi connectivity index (χ2n) is 7.70. The molecule has 0 radical (unpaired) electrons. The molecule has 5 rings (SSSR count). The molecule has 3 atom stereocenters. The van der Waals surface area contributed by atoms with Gasteiger partial charge in [0.1, 0.15) is 5.41 Å². The average molecular weight is 419 g/mol. The van der Waals surface area contributed by atoms with Crippen LogP contribution in [0.1, 0.15) is 18.5 Å². The highest BCUT2D eigenvalue weighted by molar-refractivity contribution is 6.31. The molecule has 5 nitrogen and oxygen atoms in total. The van der Waals surface area contributed by atoms with E-state index in [1.165, 1.54) is 4.90 Å². The van der Waals surface area contributed by atoms with Gasteiger partial charge in [-0.25, -0.2) is 9.96 Å². The van der Waals surface area contributed by atoms with Gasteiger partial charge < -0.3 is 0 Å². The van der Waals surface area contributed by atoms with Crippen molar-refractivity contribution in [2.75, 3.05) is 9.96 Å². The van der Waals surface area contributed by atoms with Crippen molar-refractivity contribution < 1.29 is 14.4 Å². The molecule has 2 fully saturated rings. The second-order valence-corrected chi connectivity index (χ2v) is 8.13. The first-order valence-electron chi connectivity index (χ1n) is 9.72. The molecule has 0 spiro atoms. The van der Waals surface area contributed by atoms with Crippen LogP contribution in [0.5, 0.6) is 0 Å². The lowest BCUT2D eigenvalue weighted by Gasteiger charge is -2.32. The first kappa shape index (κ1) is 18.9. The van der Waals surface area contributed by atoms with Gasteiger partial charge in [-0.2, -0.15) is 0 Å². The van der Waals surface area contributed by atoms with Crippen LogP contribution in [-0.2, 0) is 14.4 Å². The van der Waals surface area contributed by atoms with Gasteiger partial charge in [-0.05, 0) is 48.9 Å². The van der Waals surface area contributed by atoms with Crippen LogP contribution in [-0.4, -0.2) is 17.9 Å². The van der Waals surface area contributed by atoms with Crippen molar-refractivity contribution in [3.63, 3.8) is 0 Å². The van der Waals surface area contributed by atoms with Gasteiger partial charge in [-0.1, -0.05) is 60.1 Å². The fraction of sp³-hybridized carbons (Fsp3) is 0.167. The topological polar surface area (TPSA) is 49.9 Å². The number of para-hydroxylation sites is 1. The number of amides is 2. The molecule has 2 heterocycles. The smallest absolute Gasteiger partial charge is 0.266 e. The number of halogens is 1. The normalized spacial score (nSPS) is 25.7. The van der Waals surface area contributed by atoms with E-state index in [1.54, 1.807) is 29.3 Å². The van der Waals surface area contributed by atoms with E-state index in [4.69, 9.17) is 16.4 Å². The largest absolute Gasteiger partial charge is 0.273 e. The number of fused-ring (bicyclic) bond motifs is 1. The van der Waals surface area contributed by atoms with Crippen LogP contribution in [0.15, 0.2) is 84.9 Å². The highest BCUT2D eigenvalue weighted by atomic mass is 35.5. The Bertz CT molecular complexity index is 1100. The van der Waals surface area contributed by atoms with E-state index in [0.29, 0.717) is 10.7 Å². The molecule has 0 bridgehead atoms. The van der Waals surface area contributed by atoms with Crippen molar-refractivity contribution in [3.8, 4) is 0 Å². The Morgan fingerprint density at radius 1 is 0.833 bits per heavy atom. The standard InChI is InChI=1S/C24H19ClN2O3/c1-24-20(16-8-4-2-5-9-16)27(19-10-6-3-7-11-19)30-21(24)22(28)26(23(24)29)18-14-12-17(25)13-15-18/h2-15,20-21H,1H3/t20-,21-,24+/m0/s1. The molecule has 150 valence electrons. The maximum absolute atomic E-state index is 13.7. The molecule has 3 aromatic carbocycles. The Morgan fingerprint density at radius 3 is 2.07 bits per heavy atom. The summed E-state index contributed by atoms with van der Waals surface area (Å²) in [5.41, 5.74) is 1.10. The molecule has 3 aromatic rings. The number of hydrogen-bond acceptors (Lipinski definition) is 4. The van der Waals surface area contributed by atoms with E-state index >= 15 is 0 Å². The summed E-state index contributed by atoms with van der Waals surface area (Å²) >= 11 is 5.98.